The first-order chi connectivity index (χ1) is 4.09. The number of nitrogens with two attached hydrogens (primary N) is 1. The maximum atomic E-state index is 10.5. The lowest BCUT2D eigenvalue weighted by Crippen LogP contribution is -2.33. The van der Waals surface area contributed by atoms with Gasteiger partial charge in [0.05, 0.1) is 0 Å². The highest BCUT2D eigenvalue weighted by molar-refractivity contribution is 5.78. The number of hydrogen-bond acceptors (Lipinski definition) is 2. The Morgan fingerprint density at radius 2 is 2.33 bits per heavy atom. The van der Waals surface area contributed by atoms with Gasteiger partial charge in [-0.3, -0.25) is 4.79 Å². The van der Waals surface area contributed by atoms with Gasteiger partial charge in [-0.1, -0.05) is 0 Å². The van der Waals surface area contributed by atoms with E-state index in [-0.39, 0.29) is 0 Å². The Kier molecular flexibility index (Phi) is 2.70. The van der Waals surface area contributed by atoms with E-state index in [1.54, 1.807) is 6.92 Å². The van der Waals surface area contributed by atoms with Gasteiger partial charge >= 0.3 is 0 Å². The van der Waals surface area contributed by atoms with Crippen molar-refractivity contribution in [3.05, 3.63) is 5.21 Å². The fourth-order valence-electron chi connectivity index (χ4n) is 0.349. The molecule has 0 aliphatic heterocycles. The number of primary amides is 1. The van der Waals surface area contributed by atoms with Gasteiger partial charge in [0.25, 0.3) is 5.91 Å². The second-order valence-electron chi connectivity index (χ2n) is 1.70. The van der Waals surface area contributed by atoms with Crippen molar-refractivity contribution in [1.82, 2.24) is 0 Å². The van der Waals surface area contributed by atoms with Gasteiger partial charge in [0.1, 0.15) is 6.21 Å². The summed E-state index contributed by atoms with van der Waals surface area (Å²) in [6, 6.07) is -0.755. The highest BCUT2D eigenvalue weighted by atomic mass is 16.5. The molecular formula is C5H10N2O2. The molecule has 0 saturated carbocycles. The first kappa shape index (κ1) is 7.94. The molecule has 0 aromatic rings. The maximum absolute atomic E-state index is 10.5. The van der Waals surface area contributed by atoms with Gasteiger partial charge < -0.3 is 10.9 Å². The smallest absolute Gasteiger partial charge is 0.287 e. The van der Waals surface area contributed by atoms with Crippen molar-refractivity contribution >= 4 is 12.1 Å². The molecule has 9 heavy (non-hydrogen) atoms. The summed E-state index contributed by atoms with van der Waals surface area (Å²) in [6.45, 7) is 3.00. The number of hydrogen-bond donors (Lipinski definition) is 1. The summed E-state index contributed by atoms with van der Waals surface area (Å²) in [7, 11) is 0. The Morgan fingerprint density at radius 3 is 2.44 bits per heavy atom. The maximum Gasteiger partial charge on any atom is 0.287 e. The molecule has 0 aliphatic rings. The average molecular weight is 130 g/mol. The van der Waals surface area contributed by atoms with Crippen LogP contribution in [0.5, 0.6) is 0 Å². The predicted octanol–water partition coefficient (Wildman–Crippen LogP) is -0.539. The minimum atomic E-state index is -0.755. The minimum Gasteiger partial charge on any atom is -0.623 e. The van der Waals surface area contributed by atoms with E-state index < -0.39 is 11.9 Å². The number of carbonyl (C=O) groups excluding carboxylic acids is 1. The molecule has 0 saturated heterocycles. The molecule has 0 heterocycles. The molecule has 1 amide bonds. The second-order valence-corrected chi connectivity index (χ2v) is 1.70. The highest BCUT2D eigenvalue weighted by Crippen LogP contribution is 1.83. The molecule has 1 unspecified atom stereocenters. The van der Waals surface area contributed by atoms with E-state index in [9.17, 15) is 10.0 Å². The van der Waals surface area contributed by atoms with Gasteiger partial charge in [0, 0.05) is 13.8 Å². The van der Waals surface area contributed by atoms with E-state index in [2.05, 4.69) is 0 Å². The van der Waals surface area contributed by atoms with Gasteiger partial charge in [-0.25, -0.2) is 4.74 Å². The number of amides is 1. The molecule has 0 fully saturated rings. The van der Waals surface area contributed by atoms with Crippen LogP contribution in [0.15, 0.2) is 0 Å². The van der Waals surface area contributed by atoms with Crippen LogP contribution < -0.4 is 5.73 Å². The number of nitrogens with zero attached hydrogens (tertiary/aromatic N) is 1. The van der Waals surface area contributed by atoms with Crippen LogP contribution >= 0.6 is 0 Å². The third kappa shape index (κ3) is 2.12. The molecule has 52 valence electrons. The fraction of sp³-hybridized carbons (Fsp3) is 0.600. The Hall–Kier alpha value is -1.06. The molecule has 0 rings (SSSR count). The molecule has 4 heteroatoms. The summed E-state index contributed by atoms with van der Waals surface area (Å²) in [5, 5.41) is 10.5. The summed E-state index contributed by atoms with van der Waals surface area (Å²) in [5.41, 5.74) is 4.81. The molecule has 4 nitrogen and oxygen atoms in total. The highest BCUT2D eigenvalue weighted by Gasteiger charge is 2.13. The summed E-state index contributed by atoms with van der Waals surface area (Å²) >= 11 is 0. The van der Waals surface area contributed by atoms with E-state index in [0.29, 0.717) is 4.74 Å². The molecule has 0 bridgehead atoms. The van der Waals surface area contributed by atoms with Gasteiger partial charge in [-0.2, -0.15) is 0 Å². The molecular weight excluding hydrogens is 120 g/mol. The largest absolute Gasteiger partial charge is 0.623 e. The van der Waals surface area contributed by atoms with Crippen molar-refractivity contribution in [3.63, 3.8) is 0 Å². The minimum absolute atomic E-state index is 0.516. The lowest BCUT2D eigenvalue weighted by atomic mass is 10.3. The van der Waals surface area contributed by atoms with Crippen LogP contribution in [-0.2, 0) is 4.79 Å². The van der Waals surface area contributed by atoms with Crippen LogP contribution in [0.4, 0.5) is 0 Å². The zero-order chi connectivity index (χ0) is 7.44. The third-order valence-electron chi connectivity index (χ3n) is 1.05. The van der Waals surface area contributed by atoms with Gasteiger partial charge in [0.2, 0.25) is 6.04 Å². The van der Waals surface area contributed by atoms with Crippen LogP contribution in [0.2, 0.25) is 0 Å². The molecule has 0 spiro atoms. The van der Waals surface area contributed by atoms with E-state index in [1.807, 2.05) is 0 Å². The fourth-order valence-corrected chi connectivity index (χ4v) is 0.349. The van der Waals surface area contributed by atoms with Crippen molar-refractivity contribution in [1.29, 1.82) is 0 Å². The van der Waals surface area contributed by atoms with E-state index >= 15 is 0 Å². The van der Waals surface area contributed by atoms with Crippen LogP contribution in [-0.4, -0.2) is 22.9 Å². The Labute approximate surface area is 53.6 Å². The molecule has 1 atom stereocenters. The van der Waals surface area contributed by atoms with Crippen molar-refractivity contribution in [3.8, 4) is 0 Å². The Morgan fingerprint density at radius 1 is 1.89 bits per heavy atom. The number of rotatable bonds is 2. The van der Waals surface area contributed by atoms with Crippen LogP contribution in [0.3, 0.4) is 0 Å². The zero-order valence-corrected chi connectivity index (χ0v) is 5.50. The number of carbonyl (C=O) groups is 1. The molecule has 2 N–H and O–H groups in total. The van der Waals surface area contributed by atoms with Crippen LogP contribution in [0.1, 0.15) is 13.8 Å². The van der Waals surface area contributed by atoms with Crippen LogP contribution in [0, 0.1) is 5.21 Å². The Balaban J connectivity index is 4.04. The SMILES string of the molecule is C/C=[N+](\[O-])C(C)C(N)=O. The predicted molar refractivity (Wildman–Crippen MR) is 34.0 cm³/mol. The summed E-state index contributed by atoms with van der Waals surface area (Å²) in [4.78, 5) is 10.3. The van der Waals surface area contributed by atoms with Gasteiger partial charge in [0.15, 0.2) is 0 Å². The molecule has 0 aromatic carbocycles. The monoisotopic (exact) mass is 130 g/mol. The Bertz CT molecular complexity index is 142. The lowest BCUT2D eigenvalue weighted by Gasteiger charge is -2.06. The third-order valence-corrected chi connectivity index (χ3v) is 1.05. The van der Waals surface area contributed by atoms with Crippen molar-refractivity contribution in [2.45, 2.75) is 19.9 Å². The lowest BCUT2D eigenvalue weighted by molar-refractivity contribution is -0.477. The summed E-state index contributed by atoms with van der Waals surface area (Å²) in [5.74, 6) is -0.608. The topological polar surface area (TPSA) is 69.2 Å². The number of hydroxylamine groups is 1. The van der Waals surface area contributed by atoms with E-state index in [0.717, 1.165) is 0 Å². The van der Waals surface area contributed by atoms with Crippen molar-refractivity contribution < 1.29 is 9.53 Å². The van der Waals surface area contributed by atoms with Crippen LogP contribution in [0.25, 0.3) is 0 Å². The quantitative estimate of drug-likeness (QED) is 0.236. The summed E-state index contributed by atoms with van der Waals surface area (Å²) < 4.78 is 0.516. The first-order valence-electron chi connectivity index (χ1n) is 2.64. The standard InChI is InChI=1S/C5H10N2O2/c1-3-7(9)4(2)5(6)8/h3-4H,1-2H3,(H2,6,8)/b7-3-. The molecule has 0 radical (unpaired) electrons. The average Bonchev–Trinajstić information content (AvgIpc) is 1.84. The van der Waals surface area contributed by atoms with Crippen molar-refractivity contribution in [2.24, 2.45) is 5.73 Å². The van der Waals surface area contributed by atoms with Crippen molar-refractivity contribution in [2.75, 3.05) is 0 Å². The van der Waals surface area contributed by atoms with Gasteiger partial charge in [-0.05, 0) is 0 Å². The zero-order valence-electron chi connectivity index (χ0n) is 5.50. The summed E-state index contributed by atoms with van der Waals surface area (Å²) in [6.07, 6.45) is 1.26. The molecule has 0 aliphatic carbocycles. The second kappa shape index (κ2) is 3.06. The van der Waals surface area contributed by atoms with E-state index in [4.69, 9.17) is 5.73 Å². The normalized spacial score (nSPS) is 15.1. The van der Waals surface area contributed by atoms with Gasteiger partial charge in [-0.15, -0.1) is 0 Å². The van der Waals surface area contributed by atoms with E-state index in [1.165, 1.54) is 13.1 Å². The first-order valence-corrected chi connectivity index (χ1v) is 2.64. The molecule has 0 aromatic heterocycles.